The lowest BCUT2D eigenvalue weighted by molar-refractivity contribution is 1.18. The maximum Gasteiger partial charge on any atom is 0.0547 e. The Kier molecular flexibility index (Phi) is 7.53. The first-order valence-corrected chi connectivity index (χ1v) is 19.3. The first-order valence-electron chi connectivity index (χ1n) is 19.3. The van der Waals surface area contributed by atoms with Gasteiger partial charge in [0.05, 0.1) is 22.1 Å². The molecule has 0 aliphatic carbocycles. The Bertz CT molecular complexity index is 3150. The van der Waals surface area contributed by atoms with Crippen LogP contribution in [0.25, 0.3) is 99.5 Å². The zero-order valence-electron chi connectivity index (χ0n) is 30.7. The molecule has 0 aliphatic rings. The van der Waals surface area contributed by atoms with Gasteiger partial charge in [0.1, 0.15) is 0 Å². The molecular formula is C54H36N2. The Labute approximate surface area is 325 Å². The standard InChI is InChI=1S/C54H36N2/c1-5-17-37(18-6-1)40-31-41(38-19-7-2-8-20-38)33-42(32-40)47-35-50-46-26-14-16-28-52(46)56(44-23-11-4-12-24-44)54(50)36-48(47)39-29-30-53-49(34-39)45-25-13-15-27-51(45)55(53)43-21-9-3-10-22-43/h1-36H. The summed E-state index contributed by atoms with van der Waals surface area (Å²) in [5, 5.41) is 4.95. The molecule has 2 heteroatoms. The smallest absolute Gasteiger partial charge is 0.0547 e. The molecule has 0 N–H and O–H groups in total. The summed E-state index contributed by atoms with van der Waals surface area (Å²) in [5.74, 6) is 0. The van der Waals surface area contributed by atoms with Crippen LogP contribution in [0, 0.1) is 0 Å². The Morgan fingerprint density at radius 3 is 1.18 bits per heavy atom. The van der Waals surface area contributed by atoms with Crippen LogP contribution < -0.4 is 0 Å². The third kappa shape index (κ3) is 5.26. The average molecular weight is 713 g/mol. The van der Waals surface area contributed by atoms with Crippen molar-refractivity contribution in [2.75, 3.05) is 0 Å². The van der Waals surface area contributed by atoms with E-state index in [1.807, 2.05) is 0 Å². The maximum absolute atomic E-state index is 2.45. The van der Waals surface area contributed by atoms with E-state index in [2.05, 4.69) is 228 Å². The van der Waals surface area contributed by atoms with E-state index in [4.69, 9.17) is 0 Å². The highest BCUT2D eigenvalue weighted by Gasteiger charge is 2.20. The van der Waals surface area contributed by atoms with E-state index >= 15 is 0 Å². The van der Waals surface area contributed by atoms with Crippen molar-refractivity contribution in [2.24, 2.45) is 0 Å². The van der Waals surface area contributed by atoms with Gasteiger partial charge in [-0.1, -0.05) is 140 Å². The Morgan fingerprint density at radius 2 is 0.625 bits per heavy atom. The van der Waals surface area contributed by atoms with Gasteiger partial charge in [-0.3, -0.25) is 0 Å². The number of hydrogen-bond donors (Lipinski definition) is 0. The van der Waals surface area contributed by atoms with Crippen LogP contribution >= 0.6 is 0 Å². The van der Waals surface area contributed by atoms with Gasteiger partial charge >= 0.3 is 0 Å². The van der Waals surface area contributed by atoms with E-state index in [1.54, 1.807) is 0 Å². The number of benzene rings is 9. The van der Waals surface area contributed by atoms with E-state index < -0.39 is 0 Å². The topological polar surface area (TPSA) is 9.86 Å². The third-order valence-electron chi connectivity index (χ3n) is 11.3. The summed E-state index contributed by atoms with van der Waals surface area (Å²) in [6, 6.07) is 79.6. The predicted octanol–water partition coefficient (Wildman–Crippen LogP) is 14.5. The lowest BCUT2D eigenvalue weighted by Crippen LogP contribution is -1.95. The number of nitrogens with zero attached hydrogens (tertiary/aromatic N) is 2. The SMILES string of the molecule is c1ccc(-c2cc(-c3ccccc3)cc(-c3cc4c5ccccc5n(-c5ccccc5)c4cc3-c3ccc4c(c3)c3ccccc3n4-c3ccccc3)c2)cc1. The second-order valence-corrected chi connectivity index (χ2v) is 14.6. The van der Waals surface area contributed by atoms with Gasteiger partial charge in [-0.05, 0) is 123 Å². The van der Waals surface area contributed by atoms with Crippen LogP contribution in [0.4, 0.5) is 0 Å². The molecule has 0 amide bonds. The monoisotopic (exact) mass is 712 g/mol. The van der Waals surface area contributed by atoms with E-state index in [1.165, 1.54) is 88.1 Å². The van der Waals surface area contributed by atoms with Crippen LogP contribution in [0.5, 0.6) is 0 Å². The largest absolute Gasteiger partial charge is 0.309 e. The molecule has 0 saturated carbocycles. The zero-order chi connectivity index (χ0) is 37.0. The molecule has 0 bridgehead atoms. The summed E-state index contributed by atoms with van der Waals surface area (Å²) in [6.07, 6.45) is 0. The van der Waals surface area contributed by atoms with Gasteiger partial charge < -0.3 is 9.13 Å². The van der Waals surface area contributed by atoms with Crippen molar-refractivity contribution >= 4 is 43.6 Å². The number of rotatable bonds is 6. The molecule has 11 rings (SSSR count). The van der Waals surface area contributed by atoms with E-state index in [0.29, 0.717) is 0 Å². The van der Waals surface area contributed by atoms with Crippen LogP contribution in [0.1, 0.15) is 0 Å². The summed E-state index contributed by atoms with van der Waals surface area (Å²) in [6.45, 7) is 0. The molecule has 11 aromatic rings. The Morgan fingerprint density at radius 1 is 0.214 bits per heavy atom. The van der Waals surface area contributed by atoms with Crippen LogP contribution in [-0.2, 0) is 0 Å². The highest BCUT2D eigenvalue weighted by atomic mass is 15.0. The van der Waals surface area contributed by atoms with Gasteiger partial charge in [0, 0.05) is 32.9 Å². The van der Waals surface area contributed by atoms with Crippen LogP contribution in [0.15, 0.2) is 218 Å². The first kappa shape index (κ1) is 32.0. The minimum Gasteiger partial charge on any atom is -0.309 e. The fourth-order valence-electron chi connectivity index (χ4n) is 8.72. The number of fused-ring (bicyclic) bond motifs is 6. The lowest BCUT2D eigenvalue weighted by atomic mass is 9.88. The summed E-state index contributed by atoms with van der Waals surface area (Å²) in [5.41, 5.74) is 16.6. The summed E-state index contributed by atoms with van der Waals surface area (Å²) in [7, 11) is 0. The normalized spacial score (nSPS) is 11.6. The van der Waals surface area contributed by atoms with Gasteiger partial charge in [-0.2, -0.15) is 0 Å². The zero-order valence-corrected chi connectivity index (χ0v) is 30.7. The summed E-state index contributed by atoms with van der Waals surface area (Å²) in [4.78, 5) is 0. The number of para-hydroxylation sites is 4. The molecule has 0 fully saturated rings. The number of aromatic nitrogens is 2. The molecule has 2 nitrogen and oxygen atoms in total. The minimum atomic E-state index is 1.15. The molecule has 0 atom stereocenters. The Balaban J connectivity index is 1.24. The van der Waals surface area contributed by atoms with Gasteiger partial charge in [-0.25, -0.2) is 0 Å². The van der Waals surface area contributed by atoms with Crippen molar-refractivity contribution in [2.45, 2.75) is 0 Å². The lowest BCUT2D eigenvalue weighted by Gasteiger charge is -2.17. The third-order valence-corrected chi connectivity index (χ3v) is 11.3. The van der Waals surface area contributed by atoms with Crippen molar-refractivity contribution in [3.63, 3.8) is 0 Å². The van der Waals surface area contributed by atoms with Crippen LogP contribution in [0.3, 0.4) is 0 Å². The van der Waals surface area contributed by atoms with Crippen LogP contribution in [0.2, 0.25) is 0 Å². The molecule has 56 heavy (non-hydrogen) atoms. The molecule has 2 heterocycles. The van der Waals surface area contributed by atoms with Gasteiger partial charge in [0.25, 0.3) is 0 Å². The van der Waals surface area contributed by atoms with Crippen molar-refractivity contribution in [1.29, 1.82) is 0 Å². The first-order chi connectivity index (χ1) is 27.8. The molecule has 0 unspecified atom stereocenters. The molecule has 0 radical (unpaired) electrons. The van der Waals surface area contributed by atoms with Gasteiger partial charge in [-0.15, -0.1) is 0 Å². The maximum atomic E-state index is 2.45. The highest BCUT2D eigenvalue weighted by molar-refractivity contribution is 6.14. The molecule has 0 aliphatic heterocycles. The van der Waals surface area contributed by atoms with Crippen LogP contribution in [-0.4, -0.2) is 9.13 Å². The van der Waals surface area contributed by atoms with Crippen molar-refractivity contribution < 1.29 is 0 Å². The molecule has 2 aromatic heterocycles. The Hall–Kier alpha value is -7.42. The molecule has 0 saturated heterocycles. The van der Waals surface area contributed by atoms with Crippen molar-refractivity contribution in [3.05, 3.63) is 218 Å². The fraction of sp³-hybridized carbons (Fsp3) is 0. The summed E-state index contributed by atoms with van der Waals surface area (Å²) < 4.78 is 4.81. The quantitative estimate of drug-likeness (QED) is 0.162. The second kappa shape index (κ2) is 13.2. The average Bonchev–Trinajstić information content (AvgIpc) is 3.79. The van der Waals surface area contributed by atoms with Crippen molar-refractivity contribution in [3.8, 4) is 55.9 Å². The highest BCUT2D eigenvalue weighted by Crippen LogP contribution is 2.44. The van der Waals surface area contributed by atoms with Crippen molar-refractivity contribution in [1.82, 2.24) is 9.13 Å². The predicted molar refractivity (Wildman–Crippen MR) is 237 cm³/mol. The summed E-state index contributed by atoms with van der Waals surface area (Å²) >= 11 is 0. The molecule has 9 aromatic carbocycles. The fourth-order valence-corrected chi connectivity index (χ4v) is 8.72. The minimum absolute atomic E-state index is 1.15. The van der Waals surface area contributed by atoms with E-state index in [-0.39, 0.29) is 0 Å². The second-order valence-electron chi connectivity index (χ2n) is 14.6. The van der Waals surface area contributed by atoms with E-state index in [9.17, 15) is 0 Å². The number of hydrogen-bond acceptors (Lipinski definition) is 0. The van der Waals surface area contributed by atoms with E-state index in [0.717, 1.165) is 11.4 Å². The van der Waals surface area contributed by atoms with Gasteiger partial charge in [0.15, 0.2) is 0 Å². The molecular weight excluding hydrogens is 677 g/mol. The van der Waals surface area contributed by atoms with Gasteiger partial charge in [0.2, 0.25) is 0 Å². The molecule has 0 spiro atoms. The molecule has 262 valence electrons.